The smallest absolute Gasteiger partial charge is 0.0644 e. The number of aliphatic hydroxyl groups is 2. The molecule has 17 heavy (non-hydrogen) atoms. The monoisotopic (exact) mass is 240 g/mol. The fourth-order valence-corrected chi connectivity index (χ4v) is 2.77. The van der Waals surface area contributed by atoms with Crippen molar-refractivity contribution in [2.75, 3.05) is 6.61 Å². The molecule has 3 unspecified atom stereocenters. The van der Waals surface area contributed by atoms with Crippen molar-refractivity contribution in [1.29, 1.82) is 0 Å². The van der Waals surface area contributed by atoms with Gasteiger partial charge in [-0.05, 0) is 28.7 Å². The Morgan fingerprint density at radius 3 is 2.00 bits per heavy atom. The van der Waals surface area contributed by atoms with E-state index in [0.29, 0.717) is 0 Å². The van der Waals surface area contributed by atoms with Crippen LogP contribution in [0.15, 0.2) is 11.6 Å². The molecule has 2 heteroatoms. The van der Waals surface area contributed by atoms with Gasteiger partial charge in [-0.1, -0.05) is 47.6 Å². The fourth-order valence-electron chi connectivity index (χ4n) is 2.77. The second-order valence-corrected chi connectivity index (χ2v) is 7.54. The number of aliphatic hydroxyl groups excluding tert-OH is 2. The molecule has 0 saturated carbocycles. The third kappa shape index (κ3) is 3.32. The van der Waals surface area contributed by atoms with Crippen molar-refractivity contribution in [3.63, 3.8) is 0 Å². The van der Waals surface area contributed by atoms with Gasteiger partial charge in [0.2, 0.25) is 0 Å². The molecule has 0 saturated heterocycles. The number of rotatable bonds is 1. The van der Waals surface area contributed by atoms with Crippen LogP contribution < -0.4 is 0 Å². The highest BCUT2D eigenvalue weighted by Gasteiger charge is 2.42. The highest BCUT2D eigenvalue weighted by molar-refractivity contribution is 5.16. The van der Waals surface area contributed by atoms with E-state index in [2.05, 4.69) is 47.6 Å². The van der Waals surface area contributed by atoms with Gasteiger partial charge in [0.05, 0.1) is 12.7 Å². The molecule has 0 aromatic heterocycles. The van der Waals surface area contributed by atoms with Crippen molar-refractivity contribution in [2.24, 2.45) is 22.7 Å². The van der Waals surface area contributed by atoms with E-state index in [0.717, 1.165) is 12.0 Å². The molecule has 1 rings (SSSR count). The maximum Gasteiger partial charge on any atom is 0.0644 e. The van der Waals surface area contributed by atoms with Crippen molar-refractivity contribution in [3.05, 3.63) is 11.6 Å². The standard InChI is InChI=1S/C15H28O2/c1-14(2,3)11-7-10(9-16)8-12(13(11)17)15(4,5)6/h7,11-13,16-17H,8-9H2,1-6H3. The summed E-state index contributed by atoms with van der Waals surface area (Å²) >= 11 is 0. The van der Waals surface area contributed by atoms with E-state index in [9.17, 15) is 10.2 Å². The first kappa shape index (κ1) is 14.7. The third-order valence-electron chi connectivity index (χ3n) is 3.99. The summed E-state index contributed by atoms with van der Waals surface area (Å²) in [5.74, 6) is 0.349. The van der Waals surface area contributed by atoms with Crippen LogP contribution in [-0.2, 0) is 0 Å². The Morgan fingerprint density at radius 2 is 1.65 bits per heavy atom. The van der Waals surface area contributed by atoms with Crippen LogP contribution in [0.2, 0.25) is 0 Å². The fraction of sp³-hybridized carbons (Fsp3) is 0.867. The minimum Gasteiger partial charge on any atom is -0.392 e. The number of hydrogen-bond acceptors (Lipinski definition) is 2. The average Bonchev–Trinajstić information content (AvgIpc) is 2.14. The van der Waals surface area contributed by atoms with Gasteiger partial charge in [0.1, 0.15) is 0 Å². The summed E-state index contributed by atoms with van der Waals surface area (Å²) in [6, 6.07) is 0. The number of hydrogen-bond donors (Lipinski definition) is 2. The Labute approximate surface area is 106 Å². The van der Waals surface area contributed by atoms with Crippen molar-refractivity contribution < 1.29 is 10.2 Å². The van der Waals surface area contributed by atoms with Crippen molar-refractivity contribution >= 4 is 0 Å². The van der Waals surface area contributed by atoms with Crippen LogP contribution in [0.4, 0.5) is 0 Å². The molecule has 0 amide bonds. The van der Waals surface area contributed by atoms with Crippen molar-refractivity contribution in [2.45, 2.75) is 54.1 Å². The molecular weight excluding hydrogens is 212 g/mol. The first-order chi connectivity index (χ1) is 7.57. The van der Waals surface area contributed by atoms with Crippen LogP contribution in [-0.4, -0.2) is 22.9 Å². The molecule has 0 heterocycles. The molecule has 100 valence electrons. The quantitative estimate of drug-likeness (QED) is 0.692. The summed E-state index contributed by atoms with van der Waals surface area (Å²) in [5.41, 5.74) is 1.18. The molecule has 3 atom stereocenters. The highest BCUT2D eigenvalue weighted by Crippen LogP contribution is 2.45. The zero-order chi connectivity index (χ0) is 13.4. The predicted octanol–water partition coefficient (Wildman–Crippen LogP) is 2.99. The molecule has 0 bridgehead atoms. The van der Waals surface area contributed by atoms with Crippen LogP contribution in [0.5, 0.6) is 0 Å². The summed E-state index contributed by atoms with van der Waals surface area (Å²) in [6.45, 7) is 13.1. The first-order valence-corrected chi connectivity index (χ1v) is 6.56. The SMILES string of the molecule is CC(C)(C)C1C=C(CO)CC(C(C)(C)C)C1O. The lowest BCUT2D eigenvalue weighted by Gasteiger charge is -2.45. The predicted molar refractivity (Wildman–Crippen MR) is 71.7 cm³/mol. The maximum atomic E-state index is 10.6. The minimum absolute atomic E-state index is 0.0315. The van der Waals surface area contributed by atoms with Crippen molar-refractivity contribution in [1.82, 2.24) is 0 Å². The molecule has 2 N–H and O–H groups in total. The maximum absolute atomic E-state index is 10.6. The Hall–Kier alpha value is -0.340. The lowest BCUT2D eigenvalue weighted by molar-refractivity contribution is -0.0271. The second-order valence-electron chi connectivity index (χ2n) is 7.54. The summed E-state index contributed by atoms with van der Waals surface area (Å²) in [6.07, 6.45) is 2.59. The van der Waals surface area contributed by atoms with Crippen LogP contribution in [0, 0.1) is 22.7 Å². The van der Waals surface area contributed by atoms with E-state index in [-0.39, 0.29) is 35.4 Å². The van der Waals surface area contributed by atoms with E-state index >= 15 is 0 Å². The van der Waals surface area contributed by atoms with Crippen LogP contribution in [0.3, 0.4) is 0 Å². The normalized spacial score (nSPS) is 31.3. The lowest BCUT2D eigenvalue weighted by atomic mass is 9.62. The molecule has 0 aromatic rings. The largest absolute Gasteiger partial charge is 0.392 e. The van der Waals surface area contributed by atoms with Gasteiger partial charge in [-0.15, -0.1) is 0 Å². The third-order valence-corrected chi connectivity index (χ3v) is 3.99. The van der Waals surface area contributed by atoms with Crippen LogP contribution >= 0.6 is 0 Å². The Morgan fingerprint density at radius 1 is 1.12 bits per heavy atom. The highest BCUT2D eigenvalue weighted by atomic mass is 16.3. The molecule has 0 fully saturated rings. The van der Waals surface area contributed by atoms with Crippen LogP contribution in [0.1, 0.15) is 48.0 Å². The van der Waals surface area contributed by atoms with E-state index in [1.165, 1.54) is 0 Å². The van der Waals surface area contributed by atoms with Crippen LogP contribution in [0.25, 0.3) is 0 Å². The van der Waals surface area contributed by atoms with E-state index < -0.39 is 0 Å². The van der Waals surface area contributed by atoms with Gasteiger partial charge in [-0.3, -0.25) is 0 Å². The zero-order valence-electron chi connectivity index (χ0n) is 12.1. The Bertz CT molecular complexity index is 291. The summed E-state index contributed by atoms with van der Waals surface area (Å²) in [7, 11) is 0. The van der Waals surface area contributed by atoms with Gasteiger partial charge in [0.25, 0.3) is 0 Å². The van der Waals surface area contributed by atoms with E-state index in [1.54, 1.807) is 0 Å². The zero-order valence-corrected chi connectivity index (χ0v) is 12.1. The van der Waals surface area contributed by atoms with Gasteiger partial charge in [-0.25, -0.2) is 0 Å². The van der Waals surface area contributed by atoms with E-state index in [1.807, 2.05) is 0 Å². The van der Waals surface area contributed by atoms with Gasteiger partial charge < -0.3 is 10.2 Å². The van der Waals surface area contributed by atoms with E-state index in [4.69, 9.17) is 0 Å². The first-order valence-electron chi connectivity index (χ1n) is 6.56. The topological polar surface area (TPSA) is 40.5 Å². The van der Waals surface area contributed by atoms with Crippen molar-refractivity contribution in [3.8, 4) is 0 Å². The molecule has 0 spiro atoms. The Kier molecular flexibility index (Phi) is 4.10. The Balaban J connectivity index is 3.07. The van der Waals surface area contributed by atoms with Gasteiger partial charge in [0, 0.05) is 5.92 Å². The molecule has 1 aliphatic carbocycles. The van der Waals surface area contributed by atoms with Gasteiger partial charge >= 0.3 is 0 Å². The second kappa shape index (κ2) is 4.74. The molecule has 1 aliphatic rings. The molecule has 0 radical (unpaired) electrons. The summed E-state index contributed by atoms with van der Waals surface area (Å²) < 4.78 is 0. The van der Waals surface area contributed by atoms with Gasteiger partial charge in [-0.2, -0.15) is 0 Å². The molecule has 0 aromatic carbocycles. The summed E-state index contributed by atoms with van der Waals surface area (Å²) in [4.78, 5) is 0. The average molecular weight is 240 g/mol. The lowest BCUT2D eigenvalue weighted by Crippen LogP contribution is -2.44. The summed E-state index contributed by atoms with van der Waals surface area (Å²) in [5, 5.41) is 20.0. The molecule has 2 nitrogen and oxygen atoms in total. The minimum atomic E-state index is -0.315. The van der Waals surface area contributed by atoms with Gasteiger partial charge in [0.15, 0.2) is 0 Å². The molecular formula is C15H28O2. The molecule has 0 aliphatic heterocycles.